The first kappa shape index (κ1) is 14.5. The van der Waals surface area contributed by atoms with Gasteiger partial charge in [-0.15, -0.1) is 0 Å². The molecule has 1 aliphatic carbocycles. The van der Waals surface area contributed by atoms with Gasteiger partial charge in [0.1, 0.15) is 11.7 Å². The predicted octanol–water partition coefficient (Wildman–Crippen LogP) is 3.12. The zero-order chi connectivity index (χ0) is 13.7. The fourth-order valence-electron chi connectivity index (χ4n) is 2.52. The average molecular weight is 280 g/mol. The van der Waals surface area contributed by atoms with Crippen molar-refractivity contribution in [3.63, 3.8) is 0 Å². The molecule has 3 N–H and O–H groups in total. The Kier molecular flexibility index (Phi) is 5.40. The molecule has 19 heavy (non-hydrogen) atoms. The van der Waals surface area contributed by atoms with Gasteiger partial charge in [0.15, 0.2) is 0 Å². The molecule has 1 heterocycles. The third-order valence-corrected chi connectivity index (χ3v) is 4.66. The van der Waals surface area contributed by atoms with Gasteiger partial charge in [-0.2, -0.15) is 0 Å². The van der Waals surface area contributed by atoms with Crippen LogP contribution in [0.2, 0.25) is 0 Å². The molecular weight excluding hydrogens is 256 g/mol. The van der Waals surface area contributed by atoms with E-state index >= 15 is 0 Å². The number of ether oxygens (including phenoxy) is 1. The van der Waals surface area contributed by atoms with Crippen LogP contribution in [0.5, 0.6) is 0 Å². The summed E-state index contributed by atoms with van der Waals surface area (Å²) in [5.41, 5.74) is 6.61. The van der Waals surface area contributed by atoms with Crippen molar-refractivity contribution in [2.75, 3.05) is 12.5 Å². The molecule has 0 atom stereocenters. The number of hydrogen-bond acceptors (Lipinski definition) is 4. The maximum atomic E-state index is 5.52. The minimum absolute atomic E-state index is 0.649. The van der Waals surface area contributed by atoms with Crippen LogP contribution >= 0.6 is 11.8 Å². The van der Waals surface area contributed by atoms with Crippen molar-refractivity contribution in [1.82, 2.24) is 5.32 Å². The molecule has 2 rings (SSSR count). The van der Waals surface area contributed by atoms with Gasteiger partial charge in [-0.3, -0.25) is 0 Å². The Bertz CT molecular complexity index is 382. The molecule has 0 aromatic heterocycles. The molecule has 1 aliphatic heterocycles. The lowest BCUT2D eigenvalue weighted by atomic mass is 9.87. The molecule has 0 aromatic carbocycles. The highest BCUT2D eigenvalue weighted by atomic mass is 32.2. The molecule has 3 nitrogen and oxygen atoms in total. The van der Waals surface area contributed by atoms with Gasteiger partial charge in [-0.1, -0.05) is 25.3 Å². The van der Waals surface area contributed by atoms with Crippen molar-refractivity contribution in [1.29, 1.82) is 0 Å². The molecular formula is C15H24N2OS. The Morgan fingerprint density at radius 3 is 2.89 bits per heavy atom. The molecule has 4 heteroatoms. The maximum absolute atomic E-state index is 5.52. The smallest absolute Gasteiger partial charge is 0.149 e. The van der Waals surface area contributed by atoms with Gasteiger partial charge in [0.25, 0.3) is 0 Å². The Morgan fingerprint density at radius 2 is 2.21 bits per heavy atom. The van der Waals surface area contributed by atoms with Crippen molar-refractivity contribution < 1.29 is 4.74 Å². The second-order valence-corrected chi connectivity index (χ2v) is 6.41. The Morgan fingerprint density at radius 1 is 1.47 bits per heavy atom. The van der Waals surface area contributed by atoms with Gasteiger partial charge < -0.3 is 15.8 Å². The van der Waals surface area contributed by atoms with E-state index in [0.717, 1.165) is 28.7 Å². The zero-order valence-electron chi connectivity index (χ0n) is 11.7. The van der Waals surface area contributed by atoms with Crippen LogP contribution in [-0.4, -0.2) is 18.5 Å². The maximum Gasteiger partial charge on any atom is 0.149 e. The Balaban J connectivity index is 1.77. The zero-order valence-corrected chi connectivity index (χ0v) is 12.5. The Labute approximate surface area is 120 Å². The lowest BCUT2D eigenvalue weighted by Crippen LogP contribution is -2.33. The van der Waals surface area contributed by atoms with Crippen LogP contribution in [0, 0.1) is 5.92 Å². The molecule has 0 amide bonds. The molecule has 1 saturated heterocycles. The highest BCUT2D eigenvalue weighted by Gasteiger charge is 2.18. The van der Waals surface area contributed by atoms with E-state index in [0.29, 0.717) is 12.0 Å². The summed E-state index contributed by atoms with van der Waals surface area (Å²) < 4.78 is 5.39. The summed E-state index contributed by atoms with van der Waals surface area (Å²) in [5.74, 6) is 2.32. The first-order valence-corrected chi connectivity index (χ1v) is 7.98. The van der Waals surface area contributed by atoms with Gasteiger partial charge in [-0.25, -0.2) is 0 Å². The monoisotopic (exact) mass is 280 g/mol. The van der Waals surface area contributed by atoms with E-state index in [1.807, 2.05) is 0 Å². The molecule has 2 aliphatic rings. The van der Waals surface area contributed by atoms with Crippen LogP contribution in [0.1, 0.15) is 32.6 Å². The largest absolute Gasteiger partial charge is 0.480 e. The minimum Gasteiger partial charge on any atom is -0.480 e. The van der Waals surface area contributed by atoms with Gasteiger partial charge in [-0.05, 0) is 43.3 Å². The van der Waals surface area contributed by atoms with Gasteiger partial charge in [0.05, 0.1) is 4.91 Å². The van der Waals surface area contributed by atoms with Crippen molar-refractivity contribution in [3.05, 3.63) is 35.1 Å². The van der Waals surface area contributed by atoms with Gasteiger partial charge in [0.2, 0.25) is 0 Å². The molecule has 2 fully saturated rings. The number of nitrogens with one attached hydrogen (secondary N) is 1. The van der Waals surface area contributed by atoms with Crippen molar-refractivity contribution >= 4 is 11.8 Å². The van der Waals surface area contributed by atoms with E-state index < -0.39 is 0 Å². The fraction of sp³-hybridized carbons (Fsp3) is 0.600. The summed E-state index contributed by atoms with van der Waals surface area (Å²) in [6.07, 6.45) is 8.86. The summed E-state index contributed by atoms with van der Waals surface area (Å²) in [4.78, 5) is 1.09. The van der Waals surface area contributed by atoms with Crippen molar-refractivity contribution in [2.45, 2.75) is 38.6 Å². The molecule has 0 bridgehead atoms. The number of rotatable bonds is 4. The second-order valence-electron chi connectivity index (χ2n) is 5.44. The first-order valence-electron chi connectivity index (χ1n) is 6.99. The normalized spacial score (nSPS) is 31.6. The third kappa shape index (κ3) is 4.32. The first-order chi connectivity index (χ1) is 9.19. The summed E-state index contributed by atoms with van der Waals surface area (Å²) >= 11 is 1.67. The standard InChI is InChI=1S/C15H24N2OS/c1-11-3-5-13(6-4-11)17-9-12(2)7-15-14(8-16)18-10-19-15/h7-8,11,13,17H,2-6,9-10,16H2,1H3/b14-8+,15-7+. The molecule has 1 saturated carbocycles. The summed E-state index contributed by atoms with van der Waals surface area (Å²) in [6, 6.07) is 0.656. The summed E-state index contributed by atoms with van der Waals surface area (Å²) in [6.45, 7) is 7.30. The Hall–Kier alpha value is -0.870. The summed E-state index contributed by atoms with van der Waals surface area (Å²) in [7, 11) is 0. The van der Waals surface area contributed by atoms with E-state index in [9.17, 15) is 0 Å². The van der Waals surface area contributed by atoms with Crippen LogP contribution in [0.25, 0.3) is 0 Å². The van der Waals surface area contributed by atoms with Crippen molar-refractivity contribution in [3.8, 4) is 0 Å². The van der Waals surface area contributed by atoms with Crippen LogP contribution in [0.3, 0.4) is 0 Å². The SMILES string of the molecule is C=C(/C=C1/SCO/C1=C/N)CNC1CCC(C)CC1. The highest BCUT2D eigenvalue weighted by molar-refractivity contribution is 8.03. The highest BCUT2D eigenvalue weighted by Crippen LogP contribution is 2.33. The third-order valence-electron chi connectivity index (χ3n) is 3.79. The van der Waals surface area contributed by atoms with Crippen molar-refractivity contribution in [2.24, 2.45) is 11.7 Å². The number of nitrogens with two attached hydrogens (primary N) is 1. The number of hydrogen-bond donors (Lipinski definition) is 2. The van der Waals surface area contributed by atoms with Crippen LogP contribution in [-0.2, 0) is 4.74 Å². The minimum atomic E-state index is 0.649. The topological polar surface area (TPSA) is 47.3 Å². The number of thioether (sulfide) groups is 1. The van der Waals surface area contributed by atoms with E-state index in [1.54, 1.807) is 11.8 Å². The van der Waals surface area contributed by atoms with Crippen LogP contribution in [0.15, 0.2) is 35.1 Å². The lowest BCUT2D eigenvalue weighted by Gasteiger charge is -2.27. The van der Waals surface area contributed by atoms with Crippen LogP contribution < -0.4 is 11.1 Å². The molecule has 0 unspecified atom stereocenters. The van der Waals surface area contributed by atoms with Gasteiger partial charge >= 0.3 is 0 Å². The van der Waals surface area contributed by atoms with E-state index in [4.69, 9.17) is 10.5 Å². The van der Waals surface area contributed by atoms with E-state index in [1.165, 1.54) is 31.9 Å². The van der Waals surface area contributed by atoms with Gasteiger partial charge in [0, 0.05) is 18.8 Å². The van der Waals surface area contributed by atoms with Crippen LogP contribution in [0.4, 0.5) is 0 Å². The van der Waals surface area contributed by atoms with E-state index in [2.05, 4.69) is 24.9 Å². The quantitative estimate of drug-likeness (QED) is 0.830. The lowest BCUT2D eigenvalue weighted by molar-refractivity contribution is 0.296. The second kappa shape index (κ2) is 7.06. The molecule has 0 spiro atoms. The van der Waals surface area contributed by atoms with E-state index in [-0.39, 0.29) is 0 Å². The molecule has 0 aromatic rings. The average Bonchev–Trinajstić information content (AvgIpc) is 2.85. The predicted molar refractivity (Wildman–Crippen MR) is 82.5 cm³/mol. The fourth-order valence-corrected chi connectivity index (χ4v) is 3.35. The molecule has 0 radical (unpaired) electrons. The summed E-state index contributed by atoms with van der Waals surface area (Å²) in [5, 5.41) is 3.60. The molecule has 106 valence electrons.